The molecule has 8 heteroatoms. The summed E-state index contributed by atoms with van der Waals surface area (Å²) in [7, 11) is 0. The molecule has 0 saturated heterocycles. The van der Waals surface area contributed by atoms with Crippen LogP contribution in [0.5, 0.6) is 0 Å². The lowest BCUT2D eigenvalue weighted by atomic mass is 10.3. The number of benzene rings is 1. The largest absolute Gasteiger partial charge is 0.476 e. The van der Waals surface area contributed by atoms with Crippen molar-refractivity contribution >= 4 is 50.9 Å². The summed E-state index contributed by atoms with van der Waals surface area (Å²) in [5, 5.41) is 14.5. The van der Waals surface area contributed by atoms with E-state index in [9.17, 15) is 9.59 Å². The number of halogens is 2. The Labute approximate surface area is 133 Å². The summed E-state index contributed by atoms with van der Waals surface area (Å²) in [5.41, 5.74) is 0.369. The number of carbonyl (C=O) groups is 2. The normalized spacial score (nSPS) is 10.0. The topological polar surface area (TPSA) is 91.3 Å². The lowest BCUT2D eigenvalue weighted by Crippen LogP contribution is -2.21. The molecule has 0 fully saturated rings. The number of aromatic nitrogens is 1. The van der Waals surface area contributed by atoms with Gasteiger partial charge in [-0.25, -0.2) is 14.6 Å². The highest BCUT2D eigenvalue weighted by Crippen LogP contribution is 2.26. The van der Waals surface area contributed by atoms with Crippen LogP contribution < -0.4 is 10.6 Å². The minimum absolute atomic E-state index is 0.104. The number of anilines is 2. The summed E-state index contributed by atoms with van der Waals surface area (Å²) in [4.78, 5) is 26.6. The number of hydrogen-bond donors (Lipinski definition) is 3. The maximum atomic E-state index is 11.9. The second-order valence-electron chi connectivity index (χ2n) is 3.91. The third kappa shape index (κ3) is 3.93. The van der Waals surface area contributed by atoms with Crippen LogP contribution in [0.2, 0.25) is 5.02 Å². The van der Waals surface area contributed by atoms with E-state index in [1.54, 1.807) is 18.2 Å². The van der Waals surface area contributed by atoms with Crippen molar-refractivity contribution in [2.24, 2.45) is 0 Å². The number of pyridine rings is 1. The van der Waals surface area contributed by atoms with Gasteiger partial charge in [0.1, 0.15) is 0 Å². The molecule has 0 spiro atoms. The molecule has 0 aliphatic heterocycles. The van der Waals surface area contributed by atoms with Gasteiger partial charge >= 0.3 is 12.0 Å². The maximum Gasteiger partial charge on any atom is 0.356 e. The summed E-state index contributed by atoms with van der Waals surface area (Å²) in [5.74, 6) is -1.22. The van der Waals surface area contributed by atoms with Gasteiger partial charge in [0.25, 0.3) is 0 Å². The van der Waals surface area contributed by atoms with Crippen molar-refractivity contribution in [3.8, 4) is 0 Å². The Balaban J connectivity index is 2.14. The van der Waals surface area contributed by atoms with E-state index in [-0.39, 0.29) is 11.4 Å². The SMILES string of the molecule is O=C(Nc1ccc(Cl)cc1Br)Nc1cccnc1C(=O)O. The summed E-state index contributed by atoms with van der Waals surface area (Å²) >= 11 is 9.07. The molecule has 0 radical (unpaired) electrons. The summed E-state index contributed by atoms with van der Waals surface area (Å²) < 4.78 is 0.606. The van der Waals surface area contributed by atoms with E-state index in [0.29, 0.717) is 15.2 Å². The van der Waals surface area contributed by atoms with E-state index in [2.05, 4.69) is 31.5 Å². The third-order valence-corrected chi connectivity index (χ3v) is 3.33. The van der Waals surface area contributed by atoms with Crippen molar-refractivity contribution in [1.29, 1.82) is 0 Å². The highest BCUT2D eigenvalue weighted by Gasteiger charge is 2.14. The molecule has 1 heterocycles. The fourth-order valence-corrected chi connectivity index (χ4v) is 2.33. The first-order chi connectivity index (χ1) is 9.97. The van der Waals surface area contributed by atoms with E-state index in [1.807, 2.05) is 0 Å². The van der Waals surface area contributed by atoms with Crippen molar-refractivity contribution < 1.29 is 14.7 Å². The maximum absolute atomic E-state index is 11.9. The van der Waals surface area contributed by atoms with Gasteiger partial charge < -0.3 is 15.7 Å². The Kier molecular flexibility index (Phi) is 4.77. The average molecular weight is 371 g/mol. The van der Waals surface area contributed by atoms with Crippen LogP contribution in [0, 0.1) is 0 Å². The van der Waals surface area contributed by atoms with Crippen LogP contribution in [0.3, 0.4) is 0 Å². The first-order valence-corrected chi connectivity index (χ1v) is 6.86. The quantitative estimate of drug-likeness (QED) is 0.765. The molecule has 108 valence electrons. The molecule has 6 nitrogen and oxygen atoms in total. The minimum Gasteiger partial charge on any atom is -0.476 e. The number of amides is 2. The van der Waals surface area contributed by atoms with E-state index >= 15 is 0 Å². The smallest absolute Gasteiger partial charge is 0.356 e. The van der Waals surface area contributed by atoms with Gasteiger partial charge in [-0.15, -0.1) is 0 Å². The van der Waals surface area contributed by atoms with Crippen LogP contribution in [0.1, 0.15) is 10.5 Å². The van der Waals surface area contributed by atoms with Gasteiger partial charge in [0.05, 0.1) is 11.4 Å². The number of carboxylic acid groups (broad SMARTS) is 1. The van der Waals surface area contributed by atoms with Crippen LogP contribution in [-0.4, -0.2) is 22.1 Å². The number of hydrogen-bond acceptors (Lipinski definition) is 3. The Morgan fingerprint density at radius 2 is 1.90 bits per heavy atom. The Hall–Kier alpha value is -2.12. The lowest BCUT2D eigenvalue weighted by molar-refractivity contribution is 0.0692. The zero-order valence-electron chi connectivity index (χ0n) is 10.4. The molecule has 0 aliphatic rings. The number of nitrogens with one attached hydrogen (secondary N) is 2. The highest BCUT2D eigenvalue weighted by atomic mass is 79.9. The standard InChI is InChI=1S/C13H9BrClN3O3/c14-8-6-7(15)3-4-9(8)17-13(21)18-10-2-1-5-16-11(10)12(19)20/h1-6H,(H,19,20)(H2,17,18,21). The van der Waals surface area contributed by atoms with E-state index in [0.717, 1.165) is 0 Å². The molecule has 1 aromatic carbocycles. The van der Waals surface area contributed by atoms with Gasteiger partial charge in [-0.1, -0.05) is 11.6 Å². The van der Waals surface area contributed by atoms with Crippen molar-refractivity contribution in [2.75, 3.05) is 10.6 Å². The lowest BCUT2D eigenvalue weighted by Gasteiger charge is -2.10. The van der Waals surface area contributed by atoms with E-state index < -0.39 is 12.0 Å². The fraction of sp³-hybridized carbons (Fsp3) is 0. The van der Waals surface area contributed by atoms with Crippen LogP contribution in [0.4, 0.5) is 16.2 Å². The first kappa shape index (κ1) is 15.3. The molecule has 0 saturated carbocycles. The second kappa shape index (κ2) is 6.55. The van der Waals surface area contributed by atoms with Crippen LogP contribution in [0.15, 0.2) is 41.0 Å². The molecule has 21 heavy (non-hydrogen) atoms. The zero-order chi connectivity index (χ0) is 15.4. The van der Waals surface area contributed by atoms with Gasteiger partial charge in [0.2, 0.25) is 0 Å². The Bertz CT molecular complexity index is 709. The number of rotatable bonds is 3. The molecule has 0 aliphatic carbocycles. The molecular weight excluding hydrogens is 362 g/mol. The van der Waals surface area contributed by atoms with Crippen LogP contribution in [0.25, 0.3) is 0 Å². The van der Waals surface area contributed by atoms with Crippen LogP contribution >= 0.6 is 27.5 Å². The molecule has 1 aromatic heterocycles. The van der Waals surface area contributed by atoms with Gasteiger partial charge in [0, 0.05) is 15.7 Å². The van der Waals surface area contributed by atoms with Crippen molar-refractivity contribution in [2.45, 2.75) is 0 Å². The number of aromatic carboxylic acids is 1. The molecule has 0 unspecified atom stereocenters. The van der Waals surface area contributed by atoms with E-state index in [4.69, 9.17) is 16.7 Å². The predicted octanol–water partition coefficient (Wildman–Crippen LogP) is 3.84. The fourth-order valence-electron chi connectivity index (χ4n) is 1.54. The zero-order valence-corrected chi connectivity index (χ0v) is 12.8. The van der Waals surface area contributed by atoms with Crippen molar-refractivity contribution in [3.05, 3.63) is 51.7 Å². The molecule has 0 atom stereocenters. The summed E-state index contributed by atoms with van der Waals surface area (Å²) in [6, 6.07) is 7.26. The Morgan fingerprint density at radius 1 is 1.19 bits per heavy atom. The summed E-state index contributed by atoms with van der Waals surface area (Å²) in [6.45, 7) is 0. The Morgan fingerprint density at radius 3 is 2.57 bits per heavy atom. The first-order valence-electron chi connectivity index (χ1n) is 5.69. The van der Waals surface area contributed by atoms with Crippen molar-refractivity contribution in [3.63, 3.8) is 0 Å². The van der Waals surface area contributed by atoms with Gasteiger partial charge in [0.15, 0.2) is 5.69 Å². The minimum atomic E-state index is -1.22. The molecule has 2 aromatic rings. The van der Waals surface area contributed by atoms with Gasteiger partial charge in [-0.3, -0.25) is 0 Å². The predicted molar refractivity (Wildman–Crippen MR) is 83.0 cm³/mol. The van der Waals surface area contributed by atoms with Gasteiger partial charge in [-0.2, -0.15) is 0 Å². The molecule has 3 N–H and O–H groups in total. The third-order valence-electron chi connectivity index (χ3n) is 2.44. The number of carbonyl (C=O) groups excluding carboxylic acids is 1. The second-order valence-corrected chi connectivity index (χ2v) is 5.20. The number of urea groups is 1. The van der Waals surface area contributed by atoms with Crippen molar-refractivity contribution in [1.82, 2.24) is 4.98 Å². The molecule has 2 rings (SSSR count). The van der Waals surface area contributed by atoms with E-state index in [1.165, 1.54) is 18.3 Å². The molecule has 0 bridgehead atoms. The monoisotopic (exact) mass is 369 g/mol. The summed E-state index contributed by atoms with van der Waals surface area (Å²) in [6.07, 6.45) is 1.34. The number of nitrogens with zero attached hydrogens (tertiary/aromatic N) is 1. The van der Waals surface area contributed by atoms with Gasteiger partial charge in [-0.05, 0) is 46.3 Å². The van der Waals surface area contributed by atoms with Crippen LogP contribution in [-0.2, 0) is 0 Å². The molecular formula is C13H9BrClN3O3. The average Bonchev–Trinajstić information content (AvgIpc) is 2.42. The highest BCUT2D eigenvalue weighted by molar-refractivity contribution is 9.10. The molecule has 2 amide bonds. The number of carboxylic acids is 1.